The number of ether oxygens (including phenoxy) is 1. The van der Waals surface area contributed by atoms with Crippen LogP contribution in [-0.2, 0) is 14.1 Å². The van der Waals surface area contributed by atoms with Crippen LogP contribution in [0.3, 0.4) is 0 Å². The second kappa shape index (κ2) is 5.46. The van der Waals surface area contributed by atoms with Gasteiger partial charge in [-0.2, -0.15) is 0 Å². The van der Waals surface area contributed by atoms with Crippen LogP contribution >= 0.6 is 11.5 Å². The Morgan fingerprint density at radius 1 is 1.08 bits per heavy atom. The summed E-state index contributed by atoms with van der Waals surface area (Å²) >= 11 is 1.47. The van der Waals surface area contributed by atoms with Crippen LogP contribution in [0, 0.1) is 0 Å². The fourth-order valence-electron chi connectivity index (χ4n) is 3.06. The molecular weight excluding hydrogens is 320 g/mol. The zero-order chi connectivity index (χ0) is 16.8. The van der Waals surface area contributed by atoms with Crippen molar-refractivity contribution in [2.75, 3.05) is 7.11 Å². The lowest BCUT2D eigenvalue weighted by atomic mass is 10.0. The Morgan fingerprint density at radius 2 is 1.88 bits per heavy atom. The highest BCUT2D eigenvalue weighted by Crippen LogP contribution is 2.30. The van der Waals surface area contributed by atoms with Gasteiger partial charge < -0.3 is 4.74 Å². The Balaban J connectivity index is 1.98. The standard InChI is InChI=1S/C19H17N2O2S/c1-20-11-13-8-14(23-3)5-7-15(13)16-6-4-12(9-17(16)20)18-10-19(22)21(2)24-18/h4-11H,1-3H3/q+1. The third-order valence-corrected chi connectivity index (χ3v) is 5.35. The summed E-state index contributed by atoms with van der Waals surface area (Å²) in [7, 11) is 5.51. The van der Waals surface area contributed by atoms with Gasteiger partial charge >= 0.3 is 0 Å². The topological polar surface area (TPSA) is 35.1 Å². The average molecular weight is 337 g/mol. The van der Waals surface area contributed by atoms with Crippen LogP contribution in [0.2, 0.25) is 0 Å². The second-order valence-electron chi connectivity index (χ2n) is 5.86. The first-order chi connectivity index (χ1) is 11.6. The highest BCUT2D eigenvalue weighted by atomic mass is 32.1. The zero-order valence-corrected chi connectivity index (χ0v) is 14.6. The molecule has 0 aliphatic carbocycles. The van der Waals surface area contributed by atoms with Crippen molar-refractivity contribution in [3.63, 3.8) is 0 Å². The van der Waals surface area contributed by atoms with Crippen LogP contribution in [0.1, 0.15) is 0 Å². The Labute approximate surface area is 143 Å². The predicted octanol–water partition coefficient (Wildman–Crippen LogP) is 3.25. The highest BCUT2D eigenvalue weighted by molar-refractivity contribution is 7.10. The van der Waals surface area contributed by atoms with E-state index >= 15 is 0 Å². The van der Waals surface area contributed by atoms with E-state index in [2.05, 4.69) is 35.0 Å². The molecule has 4 nitrogen and oxygen atoms in total. The minimum absolute atomic E-state index is 0.0325. The summed E-state index contributed by atoms with van der Waals surface area (Å²) in [5.41, 5.74) is 2.23. The maximum Gasteiger partial charge on any atom is 0.260 e. The number of hydrogen-bond donors (Lipinski definition) is 0. The van der Waals surface area contributed by atoms with Crippen molar-refractivity contribution >= 4 is 33.2 Å². The molecule has 120 valence electrons. The number of rotatable bonds is 2. The van der Waals surface area contributed by atoms with Gasteiger partial charge in [-0.15, -0.1) is 0 Å². The van der Waals surface area contributed by atoms with E-state index in [-0.39, 0.29) is 5.56 Å². The van der Waals surface area contributed by atoms with Crippen molar-refractivity contribution in [3.8, 4) is 16.2 Å². The Morgan fingerprint density at radius 3 is 2.58 bits per heavy atom. The van der Waals surface area contributed by atoms with Gasteiger partial charge in [-0.05, 0) is 29.8 Å². The lowest BCUT2D eigenvalue weighted by molar-refractivity contribution is -0.643. The van der Waals surface area contributed by atoms with Crippen molar-refractivity contribution in [1.29, 1.82) is 0 Å². The van der Waals surface area contributed by atoms with Gasteiger partial charge in [0.1, 0.15) is 12.8 Å². The molecule has 24 heavy (non-hydrogen) atoms. The molecular formula is C19H17N2O2S+. The van der Waals surface area contributed by atoms with Crippen molar-refractivity contribution in [1.82, 2.24) is 3.96 Å². The summed E-state index contributed by atoms with van der Waals surface area (Å²) in [4.78, 5) is 12.7. The minimum atomic E-state index is 0.0325. The lowest BCUT2D eigenvalue weighted by Crippen LogP contribution is -2.28. The molecule has 2 aromatic heterocycles. The van der Waals surface area contributed by atoms with E-state index in [0.717, 1.165) is 27.1 Å². The molecule has 0 radical (unpaired) electrons. The zero-order valence-electron chi connectivity index (χ0n) is 13.7. The second-order valence-corrected chi connectivity index (χ2v) is 7.03. The lowest BCUT2D eigenvalue weighted by Gasteiger charge is -2.06. The molecule has 2 aromatic carbocycles. The molecule has 2 heterocycles. The number of methoxy groups -OCH3 is 1. The van der Waals surface area contributed by atoms with Gasteiger partial charge in [0.25, 0.3) is 5.56 Å². The van der Waals surface area contributed by atoms with Crippen molar-refractivity contribution in [3.05, 3.63) is 59.0 Å². The minimum Gasteiger partial charge on any atom is -0.497 e. The quantitative estimate of drug-likeness (QED) is 0.416. The van der Waals surface area contributed by atoms with E-state index in [4.69, 9.17) is 4.74 Å². The molecule has 0 saturated heterocycles. The summed E-state index contributed by atoms with van der Waals surface area (Å²) in [6.07, 6.45) is 2.11. The summed E-state index contributed by atoms with van der Waals surface area (Å²) in [5.74, 6) is 0.854. The van der Waals surface area contributed by atoms with Gasteiger partial charge in [0.05, 0.1) is 22.8 Å². The number of fused-ring (bicyclic) bond motifs is 3. The Hall–Kier alpha value is -2.66. The fourth-order valence-corrected chi connectivity index (χ4v) is 3.88. The number of hydrogen-bond acceptors (Lipinski definition) is 3. The first-order valence-corrected chi connectivity index (χ1v) is 8.42. The number of aromatic nitrogens is 2. The van der Waals surface area contributed by atoms with Crippen molar-refractivity contribution < 1.29 is 9.30 Å². The third kappa shape index (κ3) is 2.29. The molecule has 0 fully saturated rings. The molecule has 0 atom stereocenters. The predicted molar refractivity (Wildman–Crippen MR) is 97.7 cm³/mol. The van der Waals surface area contributed by atoms with Gasteiger partial charge in [0.2, 0.25) is 5.52 Å². The molecule has 0 amide bonds. The molecule has 0 aliphatic rings. The summed E-state index contributed by atoms with van der Waals surface area (Å²) in [6, 6.07) is 14.2. The van der Waals surface area contributed by atoms with Gasteiger partial charge in [-0.3, -0.25) is 8.75 Å². The molecule has 0 unspecified atom stereocenters. The first kappa shape index (κ1) is 14.9. The van der Waals surface area contributed by atoms with Crippen LogP contribution in [0.25, 0.3) is 32.1 Å². The van der Waals surface area contributed by atoms with Gasteiger partial charge in [0.15, 0.2) is 6.20 Å². The van der Waals surface area contributed by atoms with Crippen LogP contribution in [-0.4, -0.2) is 11.1 Å². The van der Waals surface area contributed by atoms with Crippen LogP contribution in [0.5, 0.6) is 5.75 Å². The molecule has 0 spiro atoms. The smallest absolute Gasteiger partial charge is 0.260 e. The largest absolute Gasteiger partial charge is 0.497 e. The van der Waals surface area contributed by atoms with Crippen molar-refractivity contribution in [2.45, 2.75) is 0 Å². The van der Waals surface area contributed by atoms with Crippen LogP contribution in [0.4, 0.5) is 0 Å². The number of nitrogens with zero attached hydrogens (tertiary/aromatic N) is 2. The number of benzene rings is 2. The van der Waals surface area contributed by atoms with E-state index in [9.17, 15) is 4.79 Å². The van der Waals surface area contributed by atoms with E-state index in [1.165, 1.54) is 22.3 Å². The van der Waals surface area contributed by atoms with Crippen molar-refractivity contribution in [2.24, 2.45) is 14.1 Å². The van der Waals surface area contributed by atoms with Gasteiger partial charge in [-0.1, -0.05) is 17.6 Å². The first-order valence-electron chi connectivity index (χ1n) is 7.65. The molecule has 0 saturated carbocycles. The molecule has 4 aromatic rings. The Kier molecular flexibility index (Phi) is 3.39. The monoisotopic (exact) mass is 337 g/mol. The molecule has 4 rings (SSSR count). The van der Waals surface area contributed by atoms with E-state index in [1.807, 2.05) is 19.2 Å². The molecule has 0 N–H and O–H groups in total. The average Bonchev–Trinajstić information content (AvgIpc) is 2.93. The molecule has 0 bridgehead atoms. The van der Waals surface area contributed by atoms with Gasteiger partial charge in [-0.25, -0.2) is 4.57 Å². The van der Waals surface area contributed by atoms with E-state index < -0.39 is 0 Å². The van der Waals surface area contributed by atoms with E-state index in [1.54, 1.807) is 24.2 Å². The van der Waals surface area contributed by atoms with Crippen LogP contribution in [0.15, 0.2) is 53.5 Å². The molecule has 5 heteroatoms. The summed E-state index contributed by atoms with van der Waals surface area (Å²) in [5, 5.41) is 3.52. The fraction of sp³-hybridized carbons (Fsp3) is 0.158. The normalized spacial score (nSPS) is 11.3. The maximum atomic E-state index is 11.7. The third-order valence-electron chi connectivity index (χ3n) is 4.34. The van der Waals surface area contributed by atoms with Gasteiger partial charge in [0, 0.05) is 24.6 Å². The number of aryl methyl sites for hydroxylation is 2. The maximum absolute atomic E-state index is 11.7. The SMILES string of the molecule is COc1ccc2c(c1)c[n+](C)c1cc(-c3cc(=O)n(C)s3)ccc21. The van der Waals surface area contributed by atoms with E-state index in [0.29, 0.717) is 0 Å². The highest BCUT2D eigenvalue weighted by Gasteiger charge is 2.14. The summed E-state index contributed by atoms with van der Waals surface area (Å²) in [6.45, 7) is 0. The Bertz CT molecular complexity index is 1140. The molecule has 0 aliphatic heterocycles. The van der Waals surface area contributed by atoms with Crippen LogP contribution < -0.4 is 14.9 Å². The summed E-state index contributed by atoms with van der Waals surface area (Å²) < 4.78 is 9.09. The number of pyridine rings is 1.